The summed E-state index contributed by atoms with van der Waals surface area (Å²) >= 11 is 0. The number of benzene rings is 1. The fourth-order valence-corrected chi connectivity index (χ4v) is 1.30. The first-order chi connectivity index (χ1) is 8.72. The Morgan fingerprint density at radius 1 is 1.16 bits per heavy atom. The maximum Gasteiger partial charge on any atom is 0.573 e. The number of rotatable bonds is 6. The van der Waals surface area contributed by atoms with Gasteiger partial charge in [0.2, 0.25) is 0 Å². The SMILES string of the molecule is OCC(F)(F)CNCc1cccc(OC(F)(F)F)c1. The third-order valence-electron chi connectivity index (χ3n) is 2.08. The molecule has 0 saturated carbocycles. The van der Waals surface area contributed by atoms with Crippen molar-refractivity contribution < 1.29 is 31.8 Å². The fraction of sp³-hybridized carbons (Fsp3) is 0.455. The minimum absolute atomic E-state index is 0.0648. The summed E-state index contributed by atoms with van der Waals surface area (Å²) in [7, 11) is 0. The van der Waals surface area contributed by atoms with Gasteiger partial charge in [-0.2, -0.15) is 0 Å². The molecule has 0 aliphatic rings. The first kappa shape index (κ1) is 15.6. The number of alkyl halides is 5. The molecule has 0 unspecified atom stereocenters. The molecular formula is C11H12F5NO2. The van der Waals surface area contributed by atoms with Crippen LogP contribution in [0.25, 0.3) is 0 Å². The van der Waals surface area contributed by atoms with Crippen LogP contribution in [0.3, 0.4) is 0 Å². The topological polar surface area (TPSA) is 41.5 Å². The largest absolute Gasteiger partial charge is 0.573 e. The number of halogens is 5. The zero-order chi connectivity index (χ0) is 14.5. The predicted molar refractivity (Wildman–Crippen MR) is 56.9 cm³/mol. The van der Waals surface area contributed by atoms with Crippen LogP contribution in [0, 0.1) is 0 Å². The van der Waals surface area contributed by atoms with Crippen molar-refractivity contribution in [1.29, 1.82) is 0 Å². The normalized spacial score (nSPS) is 12.5. The molecule has 2 N–H and O–H groups in total. The lowest BCUT2D eigenvalue weighted by Crippen LogP contribution is -2.35. The Morgan fingerprint density at radius 3 is 2.42 bits per heavy atom. The Balaban J connectivity index is 2.53. The number of aliphatic hydroxyl groups excluding tert-OH is 1. The molecule has 0 fully saturated rings. The minimum atomic E-state index is -4.80. The molecular weight excluding hydrogens is 273 g/mol. The average Bonchev–Trinajstić information content (AvgIpc) is 2.27. The molecule has 0 aliphatic heterocycles. The van der Waals surface area contributed by atoms with Crippen LogP contribution >= 0.6 is 0 Å². The first-order valence-electron chi connectivity index (χ1n) is 5.26. The molecule has 0 radical (unpaired) electrons. The maximum atomic E-state index is 12.7. The van der Waals surface area contributed by atoms with Crippen LogP contribution in [0.15, 0.2) is 24.3 Å². The van der Waals surface area contributed by atoms with Gasteiger partial charge in [0, 0.05) is 6.54 Å². The van der Waals surface area contributed by atoms with Gasteiger partial charge >= 0.3 is 6.36 Å². The highest BCUT2D eigenvalue weighted by molar-refractivity contribution is 5.28. The molecule has 0 saturated heterocycles. The van der Waals surface area contributed by atoms with Crippen LogP contribution in [0.5, 0.6) is 5.75 Å². The van der Waals surface area contributed by atoms with Crippen molar-refractivity contribution in [3.05, 3.63) is 29.8 Å². The predicted octanol–water partition coefficient (Wildman–Crippen LogP) is 2.30. The zero-order valence-corrected chi connectivity index (χ0v) is 9.68. The molecule has 3 nitrogen and oxygen atoms in total. The molecule has 1 rings (SSSR count). The second-order valence-corrected chi connectivity index (χ2v) is 3.81. The van der Waals surface area contributed by atoms with E-state index in [0.717, 1.165) is 12.1 Å². The second kappa shape index (κ2) is 6.16. The smallest absolute Gasteiger partial charge is 0.406 e. The van der Waals surface area contributed by atoms with Crippen LogP contribution in [-0.4, -0.2) is 30.5 Å². The van der Waals surface area contributed by atoms with Crippen molar-refractivity contribution in [1.82, 2.24) is 5.32 Å². The average molecular weight is 285 g/mol. The van der Waals surface area contributed by atoms with Crippen molar-refractivity contribution >= 4 is 0 Å². The zero-order valence-electron chi connectivity index (χ0n) is 9.68. The summed E-state index contributed by atoms with van der Waals surface area (Å²) < 4.78 is 64.9. The Labute approximate surface area is 106 Å². The van der Waals surface area contributed by atoms with Gasteiger partial charge in [-0.15, -0.1) is 13.2 Å². The lowest BCUT2D eigenvalue weighted by atomic mass is 10.2. The Morgan fingerprint density at radius 2 is 1.84 bits per heavy atom. The van der Waals surface area contributed by atoms with Crippen LogP contribution < -0.4 is 10.1 Å². The summed E-state index contributed by atoms with van der Waals surface area (Å²) in [5.41, 5.74) is 0.357. The third kappa shape index (κ3) is 6.35. The summed E-state index contributed by atoms with van der Waals surface area (Å²) in [5.74, 6) is -3.68. The van der Waals surface area contributed by atoms with Gasteiger partial charge < -0.3 is 15.2 Å². The molecule has 0 aliphatic carbocycles. The maximum absolute atomic E-state index is 12.7. The lowest BCUT2D eigenvalue weighted by molar-refractivity contribution is -0.274. The first-order valence-corrected chi connectivity index (χ1v) is 5.26. The van der Waals surface area contributed by atoms with Crippen LogP contribution in [0.4, 0.5) is 22.0 Å². The van der Waals surface area contributed by atoms with E-state index in [1.807, 2.05) is 0 Å². The van der Waals surface area contributed by atoms with E-state index in [1.54, 1.807) is 0 Å². The van der Waals surface area contributed by atoms with Gasteiger partial charge in [0.05, 0.1) is 6.54 Å². The van der Waals surface area contributed by atoms with Gasteiger partial charge in [-0.25, -0.2) is 8.78 Å². The molecule has 1 aromatic carbocycles. The summed E-state index contributed by atoms with van der Waals surface area (Å²) in [4.78, 5) is 0. The Bertz CT molecular complexity index is 408. The standard InChI is InChI=1S/C11H12F5NO2/c12-10(13,7-18)6-17-5-8-2-1-3-9(4-8)19-11(14,15)16/h1-4,17-18H,5-7H2. The number of nitrogens with one attached hydrogen (secondary N) is 1. The van der Waals surface area contributed by atoms with Crippen LogP contribution in [0.2, 0.25) is 0 Å². The summed E-state index contributed by atoms with van der Waals surface area (Å²) in [6, 6.07) is 4.99. The number of hydrogen-bond donors (Lipinski definition) is 2. The number of hydrogen-bond acceptors (Lipinski definition) is 3. The number of aliphatic hydroxyl groups is 1. The van der Waals surface area contributed by atoms with E-state index in [-0.39, 0.29) is 6.54 Å². The molecule has 1 aromatic rings. The van der Waals surface area contributed by atoms with Gasteiger partial charge in [0.15, 0.2) is 0 Å². The molecule has 0 bridgehead atoms. The molecule has 8 heteroatoms. The van der Waals surface area contributed by atoms with E-state index in [4.69, 9.17) is 5.11 Å². The van der Waals surface area contributed by atoms with Gasteiger partial charge in [-0.05, 0) is 17.7 Å². The highest BCUT2D eigenvalue weighted by Gasteiger charge is 2.31. The quantitative estimate of drug-likeness (QED) is 0.788. The van der Waals surface area contributed by atoms with E-state index in [2.05, 4.69) is 10.1 Å². The van der Waals surface area contributed by atoms with Crippen LogP contribution in [-0.2, 0) is 6.54 Å². The number of ether oxygens (including phenoxy) is 1. The monoisotopic (exact) mass is 285 g/mol. The molecule has 0 atom stereocenters. The van der Waals surface area contributed by atoms with E-state index < -0.39 is 31.2 Å². The summed E-state index contributed by atoms with van der Waals surface area (Å²) in [6.07, 6.45) is -4.80. The van der Waals surface area contributed by atoms with Crippen molar-refractivity contribution in [3.63, 3.8) is 0 Å². The van der Waals surface area contributed by atoms with Crippen molar-refractivity contribution in [2.24, 2.45) is 0 Å². The van der Waals surface area contributed by atoms with Gasteiger partial charge in [0.25, 0.3) is 5.92 Å². The summed E-state index contributed by atoms with van der Waals surface area (Å²) in [5, 5.41) is 10.7. The minimum Gasteiger partial charge on any atom is -0.406 e. The second-order valence-electron chi connectivity index (χ2n) is 3.81. The molecule has 0 spiro atoms. The third-order valence-corrected chi connectivity index (χ3v) is 2.08. The highest BCUT2D eigenvalue weighted by atomic mass is 19.4. The molecule has 0 heterocycles. The molecule has 0 aromatic heterocycles. The van der Waals surface area contributed by atoms with Crippen molar-refractivity contribution in [2.45, 2.75) is 18.8 Å². The van der Waals surface area contributed by atoms with Crippen molar-refractivity contribution in [2.75, 3.05) is 13.2 Å². The van der Waals surface area contributed by atoms with Gasteiger partial charge in [-0.1, -0.05) is 12.1 Å². The van der Waals surface area contributed by atoms with E-state index in [1.165, 1.54) is 12.1 Å². The Hall–Kier alpha value is -1.41. The fourth-order valence-electron chi connectivity index (χ4n) is 1.30. The highest BCUT2D eigenvalue weighted by Crippen LogP contribution is 2.23. The van der Waals surface area contributed by atoms with Crippen LogP contribution in [0.1, 0.15) is 5.56 Å². The lowest BCUT2D eigenvalue weighted by Gasteiger charge is -2.14. The van der Waals surface area contributed by atoms with E-state index >= 15 is 0 Å². The molecule has 108 valence electrons. The molecule has 19 heavy (non-hydrogen) atoms. The van der Waals surface area contributed by atoms with Crippen molar-refractivity contribution in [3.8, 4) is 5.75 Å². The van der Waals surface area contributed by atoms with Gasteiger partial charge in [-0.3, -0.25) is 0 Å². The van der Waals surface area contributed by atoms with E-state index in [0.29, 0.717) is 5.56 Å². The Kier molecular flexibility index (Phi) is 5.07. The summed E-state index contributed by atoms with van der Waals surface area (Å²) in [6.45, 7) is -2.13. The van der Waals surface area contributed by atoms with E-state index in [9.17, 15) is 22.0 Å². The molecule has 0 amide bonds. The van der Waals surface area contributed by atoms with Gasteiger partial charge in [0.1, 0.15) is 12.4 Å².